The van der Waals surface area contributed by atoms with Crippen LogP contribution in [-0.2, 0) is 9.47 Å². The van der Waals surface area contributed by atoms with Gasteiger partial charge in [0.1, 0.15) is 6.10 Å². The van der Waals surface area contributed by atoms with Crippen molar-refractivity contribution in [1.29, 1.82) is 0 Å². The summed E-state index contributed by atoms with van der Waals surface area (Å²) >= 11 is 0. The summed E-state index contributed by atoms with van der Waals surface area (Å²) in [5.41, 5.74) is 0. The fourth-order valence-electron chi connectivity index (χ4n) is 2.10. The van der Waals surface area contributed by atoms with Crippen molar-refractivity contribution in [3.8, 4) is 0 Å². The number of ether oxygens (including phenoxy) is 2. The van der Waals surface area contributed by atoms with Gasteiger partial charge in [-0.1, -0.05) is 51.2 Å². The molecule has 0 radical (unpaired) electrons. The van der Waals surface area contributed by atoms with Gasteiger partial charge in [0.05, 0.1) is 6.61 Å². The summed E-state index contributed by atoms with van der Waals surface area (Å²) in [5, 5.41) is 0. The van der Waals surface area contributed by atoms with E-state index in [-0.39, 0.29) is 6.10 Å². The lowest BCUT2D eigenvalue weighted by Crippen LogP contribution is -2.20. The third kappa shape index (κ3) is 6.85. The van der Waals surface area contributed by atoms with Gasteiger partial charge < -0.3 is 9.47 Å². The quantitative estimate of drug-likeness (QED) is 0.461. The summed E-state index contributed by atoms with van der Waals surface area (Å²) in [5.74, 6) is -0.394. The largest absolute Gasteiger partial charge is 0.347 e. The highest BCUT2D eigenvalue weighted by Gasteiger charge is 2.30. The summed E-state index contributed by atoms with van der Waals surface area (Å²) in [6, 6.07) is 0. The first-order chi connectivity index (χ1) is 8.14. The van der Waals surface area contributed by atoms with Gasteiger partial charge in [0.25, 0.3) is 0 Å². The summed E-state index contributed by atoms with van der Waals surface area (Å²) in [6.07, 6.45) is 13.9. The highest BCUT2D eigenvalue weighted by Crippen LogP contribution is 2.22. The molecule has 1 rings (SSSR count). The summed E-state index contributed by atoms with van der Waals surface area (Å²) < 4.78 is 11.2. The van der Waals surface area contributed by atoms with E-state index in [0.29, 0.717) is 6.61 Å². The van der Waals surface area contributed by atoms with Crippen molar-refractivity contribution in [1.82, 2.24) is 0 Å². The van der Waals surface area contributed by atoms with Crippen molar-refractivity contribution in [3.63, 3.8) is 0 Å². The molecule has 17 heavy (non-hydrogen) atoms. The second kappa shape index (κ2) is 7.88. The lowest BCUT2D eigenvalue weighted by molar-refractivity contribution is -0.133. The Morgan fingerprint density at radius 3 is 2.47 bits per heavy atom. The minimum atomic E-state index is -0.394. The van der Waals surface area contributed by atoms with Gasteiger partial charge in [-0.25, -0.2) is 0 Å². The molecule has 1 aliphatic heterocycles. The number of hydrogen-bond donors (Lipinski definition) is 0. The normalized spacial score (nSPS) is 23.6. The molecule has 1 atom stereocenters. The number of hydrogen-bond acceptors (Lipinski definition) is 2. The summed E-state index contributed by atoms with van der Waals surface area (Å²) in [4.78, 5) is 0. The zero-order valence-electron chi connectivity index (χ0n) is 11.7. The maximum atomic E-state index is 5.70. The van der Waals surface area contributed by atoms with E-state index in [1.807, 2.05) is 13.8 Å². The Morgan fingerprint density at radius 2 is 1.82 bits per heavy atom. The molecule has 2 nitrogen and oxygen atoms in total. The molecule has 0 spiro atoms. The monoisotopic (exact) mass is 240 g/mol. The van der Waals surface area contributed by atoms with Crippen molar-refractivity contribution in [3.05, 3.63) is 12.2 Å². The van der Waals surface area contributed by atoms with E-state index in [9.17, 15) is 0 Å². The van der Waals surface area contributed by atoms with Crippen LogP contribution >= 0.6 is 0 Å². The topological polar surface area (TPSA) is 18.5 Å². The fraction of sp³-hybridized carbons (Fsp3) is 0.867. The van der Waals surface area contributed by atoms with Crippen LogP contribution in [0.4, 0.5) is 0 Å². The predicted octanol–water partition coefficient (Wildman–Crippen LogP) is 4.44. The molecule has 0 aromatic rings. The third-order valence-corrected chi connectivity index (χ3v) is 3.11. The zero-order valence-corrected chi connectivity index (χ0v) is 11.7. The second-order valence-corrected chi connectivity index (χ2v) is 5.35. The highest BCUT2D eigenvalue weighted by molar-refractivity contribution is 4.92. The van der Waals surface area contributed by atoms with E-state index in [2.05, 4.69) is 19.1 Å². The highest BCUT2D eigenvalue weighted by atomic mass is 16.7. The summed E-state index contributed by atoms with van der Waals surface area (Å²) in [7, 11) is 0. The molecule has 2 heteroatoms. The average Bonchev–Trinajstić information content (AvgIpc) is 2.62. The van der Waals surface area contributed by atoms with Crippen LogP contribution in [-0.4, -0.2) is 18.5 Å². The van der Waals surface area contributed by atoms with E-state index in [4.69, 9.17) is 9.47 Å². The Balaban J connectivity index is 1.96. The van der Waals surface area contributed by atoms with E-state index in [1.54, 1.807) is 0 Å². The van der Waals surface area contributed by atoms with Gasteiger partial charge in [0.2, 0.25) is 0 Å². The molecule has 0 aromatic carbocycles. The Kier molecular flexibility index (Phi) is 6.83. The Morgan fingerprint density at radius 1 is 1.12 bits per heavy atom. The van der Waals surface area contributed by atoms with Gasteiger partial charge >= 0.3 is 0 Å². The van der Waals surface area contributed by atoms with Crippen LogP contribution < -0.4 is 0 Å². The molecule has 1 saturated heterocycles. The van der Waals surface area contributed by atoms with Crippen LogP contribution in [0.3, 0.4) is 0 Å². The minimum Gasteiger partial charge on any atom is -0.347 e. The van der Waals surface area contributed by atoms with E-state index in [1.165, 1.54) is 44.9 Å². The predicted molar refractivity (Wildman–Crippen MR) is 72.0 cm³/mol. The lowest BCUT2D eigenvalue weighted by atomic mass is 10.1. The van der Waals surface area contributed by atoms with Gasteiger partial charge in [-0.3, -0.25) is 0 Å². The zero-order chi connectivity index (χ0) is 12.6. The molecule has 0 amide bonds. The molecule has 0 saturated carbocycles. The second-order valence-electron chi connectivity index (χ2n) is 5.35. The van der Waals surface area contributed by atoms with E-state index < -0.39 is 5.79 Å². The number of rotatable bonds is 8. The van der Waals surface area contributed by atoms with Crippen LogP contribution in [0, 0.1) is 0 Å². The van der Waals surface area contributed by atoms with Crippen molar-refractivity contribution in [2.45, 2.75) is 77.6 Å². The molecule has 1 fully saturated rings. The van der Waals surface area contributed by atoms with E-state index >= 15 is 0 Å². The van der Waals surface area contributed by atoms with Crippen LogP contribution in [0.15, 0.2) is 12.2 Å². The number of unbranched alkanes of at least 4 members (excludes halogenated alkanes) is 6. The molecule has 0 N–H and O–H groups in total. The van der Waals surface area contributed by atoms with Gasteiger partial charge in [-0.05, 0) is 26.7 Å². The first-order valence-electron chi connectivity index (χ1n) is 7.12. The first-order valence-corrected chi connectivity index (χ1v) is 7.12. The number of allylic oxidation sites excluding steroid dienone is 1. The lowest BCUT2D eigenvalue weighted by Gasteiger charge is -2.15. The maximum Gasteiger partial charge on any atom is 0.163 e. The van der Waals surface area contributed by atoms with Crippen LogP contribution in [0.5, 0.6) is 0 Å². The molecule has 0 aliphatic carbocycles. The standard InChI is InChI=1S/C15H28O2/c1-4-5-6-7-8-9-10-11-12-14-13-16-15(2,3)17-14/h11-12,14H,4-10,13H2,1-3H3/b12-11+/t14-/m0/s1. The molecular formula is C15H28O2. The molecule has 1 heterocycles. The van der Waals surface area contributed by atoms with Crippen molar-refractivity contribution < 1.29 is 9.47 Å². The molecule has 100 valence electrons. The van der Waals surface area contributed by atoms with Crippen molar-refractivity contribution >= 4 is 0 Å². The third-order valence-electron chi connectivity index (χ3n) is 3.11. The van der Waals surface area contributed by atoms with Crippen LogP contribution in [0.1, 0.15) is 65.7 Å². The fourth-order valence-corrected chi connectivity index (χ4v) is 2.10. The molecule has 0 unspecified atom stereocenters. The van der Waals surface area contributed by atoms with Gasteiger partial charge in [-0.15, -0.1) is 0 Å². The Hall–Kier alpha value is -0.340. The summed E-state index contributed by atoms with van der Waals surface area (Å²) in [6.45, 7) is 6.89. The van der Waals surface area contributed by atoms with Crippen LogP contribution in [0.25, 0.3) is 0 Å². The minimum absolute atomic E-state index is 0.157. The Bertz CT molecular complexity index is 221. The van der Waals surface area contributed by atoms with Gasteiger partial charge in [0.15, 0.2) is 5.79 Å². The SMILES string of the molecule is CCCCCCCC/C=C/[C@H]1COC(C)(C)O1. The van der Waals surface area contributed by atoms with Crippen molar-refractivity contribution in [2.24, 2.45) is 0 Å². The Labute approximate surface area is 106 Å². The molecule has 0 bridgehead atoms. The maximum absolute atomic E-state index is 5.70. The van der Waals surface area contributed by atoms with Gasteiger partial charge in [-0.2, -0.15) is 0 Å². The van der Waals surface area contributed by atoms with E-state index in [0.717, 1.165) is 0 Å². The van der Waals surface area contributed by atoms with Crippen molar-refractivity contribution in [2.75, 3.05) is 6.61 Å². The van der Waals surface area contributed by atoms with Gasteiger partial charge in [0, 0.05) is 0 Å². The smallest absolute Gasteiger partial charge is 0.163 e. The average molecular weight is 240 g/mol. The molecule has 1 aliphatic rings. The first kappa shape index (κ1) is 14.7. The molecular weight excluding hydrogens is 212 g/mol. The molecule has 0 aromatic heterocycles. The van der Waals surface area contributed by atoms with Crippen LogP contribution in [0.2, 0.25) is 0 Å².